The van der Waals surface area contributed by atoms with E-state index in [-0.39, 0.29) is 5.41 Å². The second-order valence-corrected chi connectivity index (χ2v) is 15.1. The van der Waals surface area contributed by atoms with Gasteiger partial charge in [0.2, 0.25) is 0 Å². The van der Waals surface area contributed by atoms with E-state index in [2.05, 4.69) is 108 Å². The summed E-state index contributed by atoms with van der Waals surface area (Å²) in [5, 5.41) is 4.70. The van der Waals surface area contributed by atoms with Crippen LogP contribution in [0.25, 0.3) is 94.7 Å². The van der Waals surface area contributed by atoms with Crippen LogP contribution in [0.2, 0.25) is 0 Å². The van der Waals surface area contributed by atoms with Crippen molar-refractivity contribution in [1.29, 1.82) is 0 Å². The van der Waals surface area contributed by atoms with Gasteiger partial charge in [0.25, 0.3) is 0 Å². The van der Waals surface area contributed by atoms with Crippen LogP contribution in [0.5, 0.6) is 0 Å². The molecule has 2 aliphatic rings. The summed E-state index contributed by atoms with van der Waals surface area (Å²) < 4.78 is 8.71. The molecule has 5 nitrogen and oxygen atoms in total. The van der Waals surface area contributed by atoms with E-state index in [1.165, 1.54) is 69.7 Å². The SMILES string of the molecule is c1ccc(-c2nc(-c3cccc(-n4c5ccccc5c5cc6c(cc54)C4(CCCC4)c4ccccc4-6)c3)nc(-c3ccc4c(c3)oc3ccccc34)n2)cc1. The molecule has 5 heteroatoms. The fraction of sp³-hybridized carbons (Fsp3) is 0.100. The van der Waals surface area contributed by atoms with Crippen molar-refractivity contribution in [2.24, 2.45) is 0 Å². The molecule has 7 aromatic carbocycles. The van der Waals surface area contributed by atoms with Crippen LogP contribution in [-0.4, -0.2) is 19.5 Å². The van der Waals surface area contributed by atoms with Gasteiger partial charge < -0.3 is 8.98 Å². The van der Waals surface area contributed by atoms with E-state index in [0.29, 0.717) is 17.5 Å². The van der Waals surface area contributed by atoms with Crippen LogP contribution in [0.1, 0.15) is 36.8 Å². The Labute approximate surface area is 317 Å². The van der Waals surface area contributed by atoms with Gasteiger partial charge in [0.05, 0.1) is 11.0 Å². The van der Waals surface area contributed by atoms with Gasteiger partial charge in [-0.2, -0.15) is 0 Å². The molecule has 0 atom stereocenters. The number of fused-ring (bicyclic) bond motifs is 11. The lowest BCUT2D eigenvalue weighted by atomic mass is 9.76. The van der Waals surface area contributed by atoms with E-state index < -0.39 is 0 Å². The van der Waals surface area contributed by atoms with Crippen LogP contribution < -0.4 is 0 Å². The van der Waals surface area contributed by atoms with Crippen LogP contribution in [0, 0.1) is 0 Å². The van der Waals surface area contributed by atoms with E-state index >= 15 is 0 Å². The Kier molecular flexibility index (Phi) is 6.44. The van der Waals surface area contributed by atoms with Crippen molar-refractivity contribution in [1.82, 2.24) is 19.5 Å². The first-order chi connectivity index (χ1) is 27.2. The molecular weight excluding hydrogens is 673 g/mol. The molecule has 0 saturated heterocycles. The molecule has 1 saturated carbocycles. The van der Waals surface area contributed by atoms with Gasteiger partial charge in [0.1, 0.15) is 11.2 Å². The predicted molar refractivity (Wildman–Crippen MR) is 222 cm³/mol. The summed E-state index contributed by atoms with van der Waals surface area (Å²) in [6.45, 7) is 0. The maximum atomic E-state index is 6.27. The lowest BCUT2D eigenvalue weighted by Crippen LogP contribution is -2.20. The first-order valence-electron chi connectivity index (χ1n) is 19.2. The molecule has 55 heavy (non-hydrogen) atoms. The van der Waals surface area contributed by atoms with Gasteiger partial charge in [0, 0.05) is 49.3 Å². The van der Waals surface area contributed by atoms with Crippen LogP contribution in [0.15, 0.2) is 162 Å². The first kappa shape index (κ1) is 30.6. The molecule has 0 aliphatic heterocycles. The van der Waals surface area contributed by atoms with Gasteiger partial charge in [-0.1, -0.05) is 122 Å². The highest BCUT2D eigenvalue weighted by atomic mass is 16.3. The second-order valence-electron chi connectivity index (χ2n) is 15.1. The monoisotopic (exact) mass is 706 g/mol. The number of furan rings is 1. The molecule has 260 valence electrons. The molecule has 1 spiro atoms. The molecule has 0 radical (unpaired) electrons. The Morgan fingerprint density at radius 1 is 0.436 bits per heavy atom. The molecule has 0 bridgehead atoms. The predicted octanol–water partition coefficient (Wildman–Crippen LogP) is 12.7. The van der Waals surface area contributed by atoms with Crippen molar-refractivity contribution in [3.63, 3.8) is 0 Å². The summed E-state index contributed by atoms with van der Waals surface area (Å²) in [6, 6.07) is 56.1. The van der Waals surface area contributed by atoms with Gasteiger partial charge in [-0.3, -0.25) is 0 Å². The van der Waals surface area contributed by atoms with Crippen LogP contribution in [0.3, 0.4) is 0 Å². The van der Waals surface area contributed by atoms with Gasteiger partial charge in [-0.25, -0.2) is 15.0 Å². The highest BCUT2D eigenvalue weighted by Gasteiger charge is 2.45. The summed E-state index contributed by atoms with van der Waals surface area (Å²) in [5.41, 5.74) is 13.8. The lowest BCUT2D eigenvalue weighted by Gasteiger charge is -2.26. The topological polar surface area (TPSA) is 56.7 Å². The van der Waals surface area contributed by atoms with Crippen LogP contribution in [0.4, 0.5) is 0 Å². The number of hydrogen-bond acceptors (Lipinski definition) is 4. The zero-order valence-corrected chi connectivity index (χ0v) is 30.0. The van der Waals surface area contributed by atoms with Crippen LogP contribution in [-0.2, 0) is 5.41 Å². The van der Waals surface area contributed by atoms with Crippen molar-refractivity contribution in [3.05, 3.63) is 169 Å². The average Bonchev–Trinajstić information content (AvgIpc) is 4.02. The zero-order chi connectivity index (χ0) is 36.1. The van der Waals surface area contributed by atoms with Gasteiger partial charge >= 0.3 is 0 Å². The molecule has 3 heterocycles. The minimum Gasteiger partial charge on any atom is -0.456 e. The Balaban J connectivity index is 1.05. The molecule has 12 rings (SSSR count). The second kappa shape index (κ2) is 11.6. The van der Waals surface area contributed by atoms with Crippen molar-refractivity contribution in [2.75, 3.05) is 0 Å². The number of nitrogens with zero attached hydrogens (tertiary/aromatic N) is 4. The lowest BCUT2D eigenvalue weighted by molar-refractivity contribution is 0.550. The quantitative estimate of drug-likeness (QED) is 0.183. The van der Waals surface area contributed by atoms with Crippen LogP contribution >= 0.6 is 0 Å². The number of aromatic nitrogens is 4. The summed E-state index contributed by atoms with van der Waals surface area (Å²) in [5.74, 6) is 1.85. The van der Waals surface area contributed by atoms with Crippen molar-refractivity contribution in [3.8, 4) is 51.0 Å². The van der Waals surface area contributed by atoms with Gasteiger partial charge in [0.15, 0.2) is 17.5 Å². The van der Waals surface area contributed by atoms with E-state index in [0.717, 1.165) is 44.3 Å². The van der Waals surface area contributed by atoms with E-state index in [9.17, 15) is 0 Å². The van der Waals surface area contributed by atoms with Gasteiger partial charge in [-0.05, 0) is 83.6 Å². The number of rotatable bonds is 4. The van der Waals surface area contributed by atoms with E-state index in [4.69, 9.17) is 19.4 Å². The number of para-hydroxylation sites is 2. The summed E-state index contributed by atoms with van der Waals surface area (Å²) in [7, 11) is 0. The molecule has 2 aliphatic carbocycles. The largest absolute Gasteiger partial charge is 0.456 e. The van der Waals surface area contributed by atoms with Crippen molar-refractivity contribution < 1.29 is 4.42 Å². The van der Waals surface area contributed by atoms with Gasteiger partial charge in [-0.15, -0.1) is 0 Å². The minimum absolute atomic E-state index is 0.0871. The third kappa shape index (κ3) is 4.50. The Bertz CT molecular complexity index is 3170. The average molecular weight is 707 g/mol. The molecule has 10 aromatic rings. The minimum atomic E-state index is 0.0871. The molecular formula is C50H34N4O. The van der Waals surface area contributed by atoms with E-state index in [1.54, 1.807) is 0 Å². The molecule has 1 fully saturated rings. The molecule has 0 amide bonds. The summed E-state index contributed by atoms with van der Waals surface area (Å²) in [4.78, 5) is 15.3. The Morgan fingerprint density at radius 3 is 1.96 bits per heavy atom. The highest BCUT2D eigenvalue weighted by Crippen LogP contribution is 2.58. The third-order valence-electron chi connectivity index (χ3n) is 12.2. The van der Waals surface area contributed by atoms with Crippen molar-refractivity contribution >= 4 is 43.7 Å². The number of benzene rings is 7. The summed E-state index contributed by atoms with van der Waals surface area (Å²) >= 11 is 0. The molecule has 0 N–H and O–H groups in total. The third-order valence-corrected chi connectivity index (χ3v) is 12.2. The maximum Gasteiger partial charge on any atom is 0.164 e. The van der Waals surface area contributed by atoms with E-state index in [1.807, 2.05) is 54.6 Å². The zero-order valence-electron chi connectivity index (χ0n) is 30.0. The fourth-order valence-corrected chi connectivity index (χ4v) is 9.71. The molecule has 0 unspecified atom stereocenters. The molecule has 3 aromatic heterocycles. The van der Waals surface area contributed by atoms with Crippen molar-refractivity contribution in [2.45, 2.75) is 31.1 Å². The Hall–Kier alpha value is -6.85. The first-order valence-corrected chi connectivity index (χ1v) is 19.2. The normalized spacial score (nSPS) is 14.4. The number of hydrogen-bond donors (Lipinski definition) is 0. The highest BCUT2D eigenvalue weighted by molar-refractivity contribution is 6.12. The standard InChI is InChI=1S/C50H34N4O/c1-2-13-31(14-3-1)47-51-48(53-49(52-47)33-23-24-38-37-19-6-9-22-45(37)55-46(38)28-33)32-15-12-16-34(27-32)54-43-21-8-5-18-36(43)40-29-39-35-17-4-7-20-41(35)50(25-10-11-26-50)42(39)30-44(40)54/h1-9,12-24,27-30H,10-11,25-26H2. The smallest absolute Gasteiger partial charge is 0.164 e. The Morgan fingerprint density at radius 2 is 1.11 bits per heavy atom. The fourth-order valence-electron chi connectivity index (χ4n) is 9.71. The summed E-state index contributed by atoms with van der Waals surface area (Å²) in [6.07, 6.45) is 4.93. The maximum absolute atomic E-state index is 6.27.